The van der Waals surface area contributed by atoms with Crippen LogP contribution in [0, 0.1) is 25.5 Å². The first-order valence-corrected chi connectivity index (χ1v) is 7.39. The van der Waals surface area contributed by atoms with Crippen LogP contribution in [0.15, 0.2) is 22.7 Å². The van der Waals surface area contributed by atoms with Gasteiger partial charge in [-0.3, -0.25) is 4.79 Å². The number of carbonyl (C=O) groups is 1. The smallest absolute Gasteiger partial charge is 0.257 e. The van der Waals surface area contributed by atoms with Gasteiger partial charge < -0.3 is 14.7 Å². The fourth-order valence-electron chi connectivity index (χ4n) is 2.90. The van der Waals surface area contributed by atoms with Crippen LogP contribution in [0.25, 0.3) is 0 Å². The lowest BCUT2D eigenvalue weighted by molar-refractivity contribution is 0.0938. The first-order chi connectivity index (χ1) is 11.0. The van der Waals surface area contributed by atoms with E-state index in [1.54, 1.807) is 18.7 Å². The zero-order valence-corrected chi connectivity index (χ0v) is 12.9. The third-order valence-corrected chi connectivity index (χ3v) is 4.03. The van der Waals surface area contributed by atoms with Gasteiger partial charge in [0.1, 0.15) is 23.0 Å². The number of rotatable bonds is 3. The molecule has 122 valence electrons. The molecule has 1 saturated heterocycles. The molecule has 1 aromatic heterocycles. The highest BCUT2D eigenvalue weighted by atomic mass is 19.1. The summed E-state index contributed by atoms with van der Waals surface area (Å²) in [6.45, 7) is 4.46. The minimum Gasteiger partial charge on any atom is -0.367 e. The van der Waals surface area contributed by atoms with Crippen molar-refractivity contribution in [2.45, 2.75) is 26.3 Å². The maximum absolute atomic E-state index is 13.8. The number of nitrogens with zero attached hydrogens (tertiary/aromatic N) is 2. The van der Waals surface area contributed by atoms with Gasteiger partial charge in [0.25, 0.3) is 5.91 Å². The normalized spacial score (nSPS) is 17.6. The molecule has 1 N–H and O–H groups in total. The molecule has 0 bridgehead atoms. The van der Waals surface area contributed by atoms with Gasteiger partial charge >= 0.3 is 0 Å². The zero-order valence-electron chi connectivity index (χ0n) is 12.9. The number of hydrogen-bond donors (Lipinski definition) is 1. The Morgan fingerprint density at radius 2 is 2.17 bits per heavy atom. The van der Waals surface area contributed by atoms with E-state index in [2.05, 4.69) is 10.5 Å². The van der Waals surface area contributed by atoms with E-state index in [-0.39, 0.29) is 11.9 Å². The minimum absolute atomic E-state index is 0.111. The molecule has 0 unspecified atom stereocenters. The third kappa shape index (κ3) is 3.04. The molecule has 3 rings (SSSR count). The number of anilines is 1. The predicted octanol–water partition coefficient (Wildman–Crippen LogP) is 2.58. The molecule has 0 saturated carbocycles. The summed E-state index contributed by atoms with van der Waals surface area (Å²) >= 11 is 0. The Balaban J connectivity index is 1.67. The van der Waals surface area contributed by atoms with Crippen LogP contribution in [0.3, 0.4) is 0 Å². The Bertz CT molecular complexity index is 725. The molecule has 0 radical (unpaired) electrons. The van der Waals surface area contributed by atoms with E-state index in [1.807, 2.05) is 0 Å². The van der Waals surface area contributed by atoms with Gasteiger partial charge in [0, 0.05) is 25.2 Å². The van der Waals surface area contributed by atoms with Crippen LogP contribution < -0.4 is 10.2 Å². The second-order valence-electron chi connectivity index (χ2n) is 5.70. The number of amides is 1. The maximum atomic E-state index is 13.8. The molecule has 7 heteroatoms. The lowest BCUT2D eigenvalue weighted by Crippen LogP contribution is -2.37. The number of hydrogen-bond acceptors (Lipinski definition) is 4. The van der Waals surface area contributed by atoms with Crippen molar-refractivity contribution in [3.8, 4) is 0 Å². The van der Waals surface area contributed by atoms with Crippen molar-refractivity contribution in [2.24, 2.45) is 0 Å². The van der Waals surface area contributed by atoms with Gasteiger partial charge in [-0.05, 0) is 32.4 Å². The van der Waals surface area contributed by atoms with Crippen molar-refractivity contribution in [2.75, 3.05) is 18.0 Å². The summed E-state index contributed by atoms with van der Waals surface area (Å²) in [4.78, 5) is 14.1. The predicted molar refractivity (Wildman–Crippen MR) is 80.4 cm³/mol. The third-order valence-electron chi connectivity index (χ3n) is 4.03. The summed E-state index contributed by atoms with van der Waals surface area (Å²) < 4.78 is 31.8. The average Bonchev–Trinajstić information content (AvgIpc) is 3.06. The van der Waals surface area contributed by atoms with Gasteiger partial charge in [-0.25, -0.2) is 8.78 Å². The van der Waals surface area contributed by atoms with Crippen LogP contribution in [-0.4, -0.2) is 30.2 Å². The standard InChI is InChI=1S/C16H17F2N3O2/c1-9-15(10(2)23-20-9)16(22)19-12-5-6-21(8-12)14-4-3-11(17)7-13(14)18/h3-4,7,12H,5-6,8H2,1-2H3,(H,19,22)/t12-/m1/s1. The summed E-state index contributed by atoms with van der Waals surface area (Å²) in [7, 11) is 0. The van der Waals surface area contributed by atoms with Crippen molar-refractivity contribution in [1.82, 2.24) is 10.5 Å². The highest BCUT2D eigenvalue weighted by Crippen LogP contribution is 2.24. The van der Waals surface area contributed by atoms with Crippen molar-refractivity contribution >= 4 is 11.6 Å². The molecule has 1 amide bonds. The fourth-order valence-corrected chi connectivity index (χ4v) is 2.90. The highest BCUT2D eigenvalue weighted by molar-refractivity contribution is 5.96. The van der Waals surface area contributed by atoms with Crippen LogP contribution in [0.4, 0.5) is 14.5 Å². The number of halogens is 2. The van der Waals surface area contributed by atoms with Gasteiger partial charge in [-0.1, -0.05) is 5.16 Å². The Hall–Kier alpha value is -2.44. The lowest BCUT2D eigenvalue weighted by Gasteiger charge is -2.19. The number of carbonyl (C=O) groups excluding carboxylic acids is 1. The molecule has 1 aromatic carbocycles. The average molecular weight is 321 g/mol. The maximum Gasteiger partial charge on any atom is 0.257 e. The van der Waals surface area contributed by atoms with E-state index in [1.165, 1.54) is 12.1 Å². The first kappa shape index (κ1) is 15.5. The van der Waals surface area contributed by atoms with Crippen molar-refractivity contribution in [3.63, 3.8) is 0 Å². The Kier molecular flexibility index (Phi) is 4.02. The van der Waals surface area contributed by atoms with Crippen LogP contribution in [0.1, 0.15) is 28.2 Å². The quantitative estimate of drug-likeness (QED) is 0.944. The molecule has 0 spiro atoms. The summed E-state index contributed by atoms with van der Waals surface area (Å²) in [6, 6.07) is 3.41. The van der Waals surface area contributed by atoms with E-state index < -0.39 is 11.6 Å². The molecule has 1 aliphatic rings. The molecule has 0 aliphatic carbocycles. The van der Waals surface area contributed by atoms with Crippen LogP contribution >= 0.6 is 0 Å². The largest absolute Gasteiger partial charge is 0.367 e. The lowest BCUT2D eigenvalue weighted by atomic mass is 10.1. The van der Waals surface area contributed by atoms with Crippen LogP contribution in [0.5, 0.6) is 0 Å². The SMILES string of the molecule is Cc1noc(C)c1C(=O)N[C@@H]1CCN(c2ccc(F)cc2F)C1. The first-order valence-electron chi connectivity index (χ1n) is 7.39. The zero-order chi connectivity index (χ0) is 16.6. The Morgan fingerprint density at radius 3 is 2.83 bits per heavy atom. The van der Waals surface area contributed by atoms with Crippen LogP contribution in [0.2, 0.25) is 0 Å². The second kappa shape index (κ2) is 5.98. The number of benzene rings is 1. The van der Waals surface area contributed by atoms with E-state index in [9.17, 15) is 13.6 Å². The molecule has 2 aromatic rings. The molecule has 1 aliphatic heterocycles. The summed E-state index contributed by atoms with van der Waals surface area (Å²) in [5, 5.41) is 6.68. The molecular weight excluding hydrogens is 304 g/mol. The van der Waals surface area contributed by atoms with Gasteiger partial charge in [-0.15, -0.1) is 0 Å². The van der Waals surface area contributed by atoms with Gasteiger partial charge in [0.15, 0.2) is 0 Å². The van der Waals surface area contributed by atoms with Crippen LogP contribution in [-0.2, 0) is 0 Å². The number of aryl methyl sites for hydroxylation is 2. The Labute approximate surface area is 132 Å². The van der Waals surface area contributed by atoms with Gasteiger partial charge in [0.2, 0.25) is 0 Å². The van der Waals surface area contributed by atoms with E-state index in [0.717, 1.165) is 6.07 Å². The molecule has 1 fully saturated rings. The Morgan fingerprint density at radius 1 is 1.39 bits per heavy atom. The molecular formula is C16H17F2N3O2. The second-order valence-corrected chi connectivity index (χ2v) is 5.70. The van der Waals surface area contributed by atoms with E-state index >= 15 is 0 Å². The van der Waals surface area contributed by atoms with Gasteiger partial charge in [-0.2, -0.15) is 0 Å². The summed E-state index contributed by atoms with van der Waals surface area (Å²) in [6.07, 6.45) is 0.686. The van der Waals surface area contributed by atoms with Crippen molar-refractivity contribution < 1.29 is 18.1 Å². The number of nitrogens with one attached hydrogen (secondary N) is 1. The summed E-state index contributed by atoms with van der Waals surface area (Å²) in [5.41, 5.74) is 1.33. The molecule has 23 heavy (non-hydrogen) atoms. The minimum atomic E-state index is -0.603. The summed E-state index contributed by atoms with van der Waals surface area (Å²) in [5.74, 6) is -0.969. The topological polar surface area (TPSA) is 58.4 Å². The molecule has 5 nitrogen and oxygen atoms in total. The molecule has 2 heterocycles. The van der Waals surface area contributed by atoms with Gasteiger partial charge in [0.05, 0.1) is 11.4 Å². The van der Waals surface area contributed by atoms with E-state index in [4.69, 9.17) is 4.52 Å². The fraction of sp³-hybridized carbons (Fsp3) is 0.375. The highest BCUT2D eigenvalue weighted by Gasteiger charge is 2.27. The van der Waals surface area contributed by atoms with E-state index in [0.29, 0.717) is 42.2 Å². The monoisotopic (exact) mass is 321 g/mol. The number of aromatic nitrogens is 1. The van der Waals surface area contributed by atoms with Crippen molar-refractivity contribution in [3.05, 3.63) is 46.9 Å². The van der Waals surface area contributed by atoms with Crippen molar-refractivity contribution in [1.29, 1.82) is 0 Å². The molecule has 1 atom stereocenters.